The van der Waals surface area contributed by atoms with Gasteiger partial charge in [-0.3, -0.25) is 4.79 Å². The van der Waals surface area contributed by atoms with E-state index in [-0.39, 0.29) is 18.2 Å². The predicted octanol–water partition coefficient (Wildman–Crippen LogP) is 2.53. The molecule has 0 aromatic heterocycles. The molecule has 1 saturated heterocycles. The van der Waals surface area contributed by atoms with Gasteiger partial charge in [-0.1, -0.05) is 18.2 Å². The van der Waals surface area contributed by atoms with Crippen molar-refractivity contribution in [3.05, 3.63) is 29.8 Å². The summed E-state index contributed by atoms with van der Waals surface area (Å²) in [6.45, 7) is 2.96. The largest absolute Gasteiger partial charge is 0.371 e. The van der Waals surface area contributed by atoms with Gasteiger partial charge in [0, 0.05) is 38.3 Å². The summed E-state index contributed by atoms with van der Waals surface area (Å²) in [6, 6.07) is 7.90. The number of hydrogen-bond donors (Lipinski definition) is 0. The molecular formula is C18H23FN2O2. The summed E-state index contributed by atoms with van der Waals surface area (Å²) in [4.78, 5) is 27.3. The first-order chi connectivity index (χ1) is 11.2. The number of alkyl halides is 1. The molecule has 1 fully saturated rings. The van der Waals surface area contributed by atoms with Crippen LogP contribution in [0.5, 0.6) is 0 Å². The fraction of sp³-hybridized carbons (Fsp3) is 0.556. The van der Waals surface area contributed by atoms with Gasteiger partial charge in [-0.15, -0.1) is 0 Å². The van der Waals surface area contributed by atoms with Crippen LogP contribution in [0.1, 0.15) is 37.2 Å². The molecule has 0 spiro atoms. The zero-order valence-electron chi connectivity index (χ0n) is 13.3. The molecule has 1 amide bonds. The minimum Gasteiger partial charge on any atom is -0.371 e. The van der Waals surface area contributed by atoms with Crippen molar-refractivity contribution < 1.29 is 14.0 Å². The van der Waals surface area contributed by atoms with E-state index in [1.807, 2.05) is 29.2 Å². The highest BCUT2D eigenvalue weighted by atomic mass is 19.1. The second-order valence-electron chi connectivity index (χ2n) is 6.36. The number of fused-ring (bicyclic) bond motifs is 1. The van der Waals surface area contributed by atoms with Crippen molar-refractivity contribution in [1.29, 1.82) is 0 Å². The van der Waals surface area contributed by atoms with E-state index in [1.165, 1.54) is 0 Å². The third kappa shape index (κ3) is 3.38. The lowest BCUT2D eigenvalue weighted by Gasteiger charge is -2.36. The molecule has 0 saturated carbocycles. The Kier molecular flexibility index (Phi) is 4.94. The number of carbonyl (C=O) groups excluding carboxylic acids is 2. The smallest absolute Gasteiger partial charge is 0.230 e. The number of para-hydroxylation sites is 1. The highest BCUT2D eigenvalue weighted by Gasteiger charge is 2.33. The Bertz CT molecular complexity index is 572. The lowest BCUT2D eigenvalue weighted by molar-refractivity contribution is -0.132. The minimum atomic E-state index is -1.41. The molecule has 2 unspecified atom stereocenters. The molecule has 1 aromatic rings. The molecule has 2 aliphatic rings. The molecule has 23 heavy (non-hydrogen) atoms. The quantitative estimate of drug-likeness (QED) is 0.783. The van der Waals surface area contributed by atoms with Gasteiger partial charge in [-0.25, -0.2) is 4.39 Å². The van der Waals surface area contributed by atoms with Gasteiger partial charge in [0.1, 0.15) is 0 Å². The number of nitrogens with zero attached hydrogens (tertiary/aromatic N) is 2. The van der Waals surface area contributed by atoms with Crippen molar-refractivity contribution >= 4 is 17.9 Å². The fourth-order valence-corrected chi connectivity index (χ4v) is 3.62. The van der Waals surface area contributed by atoms with Gasteiger partial charge in [0.05, 0.1) is 5.92 Å². The van der Waals surface area contributed by atoms with Gasteiger partial charge in [0.2, 0.25) is 5.91 Å². The van der Waals surface area contributed by atoms with Gasteiger partial charge in [0.25, 0.3) is 0 Å². The third-order valence-electron chi connectivity index (χ3n) is 4.88. The van der Waals surface area contributed by atoms with Crippen LogP contribution in [0.25, 0.3) is 0 Å². The van der Waals surface area contributed by atoms with Crippen molar-refractivity contribution in [1.82, 2.24) is 4.90 Å². The normalized spacial score (nSPS) is 21.9. The van der Waals surface area contributed by atoms with Crippen molar-refractivity contribution in [2.24, 2.45) is 0 Å². The molecule has 4 nitrogen and oxygen atoms in total. The van der Waals surface area contributed by atoms with Gasteiger partial charge in [-0.2, -0.15) is 0 Å². The summed E-state index contributed by atoms with van der Waals surface area (Å²) in [5, 5.41) is 0. The Morgan fingerprint density at radius 2 is 2.00 bits per heavy atom. The number of halogens is 1. The maximum Gasteiger partial charge on any atom is 0.230 e. The van der Waals surface area contributed by atoms with E-state index in [2.05, 4.69) is 4.90 Å². The van der Waals surface area contributed by atoms with Crippen LogP contribution in [0.3, 0.4) is 0 Å². The maximum atomic E-state index is 13.2. The summed E-state index contributed by atoms with van der Waals surface area (Å²) >= 11 is 0. The molecule has 0 radical (unpaired) electrons. The topological polar surface area (TPSA) is 40.6 Å². The van der Waals surface area contributed by atoms with Crippen LogP contribution < -0.4 is 4.90 Å². The molecular weight excluding hydrogens is 295 g/mol. The first kappa shape index (κ1) is 16.0. The second kappa shape index (κ2) is 7.11. The number of amides is 1. The molecule has 2 atom stereocenters. The van der Waals surface area contributed by atoms with E-state index in [0.717, 1.165) is 50.1 Å². The number of hydrogen-bond acceptors (Lipinski definition) is 3. The summed E-state index contributed by atoms with van der Waals surface area (Å²) in [7, 11) is 0. The van der Waals surface area contributed by atoms with Crippen LogP contribution in [0.4, 0.5) is 10.1 Å². The van der Waals surface area contributed by atoms with Crippen molar-refractivity contribution in [2.45, 2.75) is 37.8 Å². The first-order valence-corrected chi connectivity index (χ1v) is 8.42. The van der Waals surface area contributed by atoms with E-state index >= 15 is 0 Å². The number of benzene rings is 1. The first-order valence-electron chi connectivity index (χ1n) is 8.42. The zero-order valence-corrected chi connectivity index (χ0v) is 13.3. The Morgan fingerprint density at radius 1 is 1.26 bits per heavy atom. The molecule has 2 aliphatic heterocycles. The minimum absolute atomic E-state index is 0.0900. The van der Waals surface area contributed by atoms with E-state index in [1.54, 1.807) is 0 Å². The number of rotatable bonds is 5. The standard InChI is InChI=1S/C18H23FN2O2/c19-14(13-22)7-11-20-12-8-16(15-5-1-2-6-17(15)20)18(23)21-9-3-4-10-21/h1-2,5-6,13-14,16H,3-4,7-12H2. The third-order valence-corrected chi connectivity index (χ3v) is 4.88. The van der Waals surface area contributed by atoms with Crippen LogP contribution in [-0.2, 0) is 9.59 Å². The lowest BCUT2D eigenvalue weighted by Crippen LogP contribution is -2.39. The predicted molar refractivity (Wildman–Crippen MR) is 87.4 cm³/mol. The molecule has 2 heterocycles. The van der Waals surface area contributed by atoms with Crippen LogP contribution in [0.15, 0.2) is 24.3 Å². The van der Waals surface area contributed by atoms with Crippen LogP contribution in [0, 0.1) is 0 Å². The van der Waals surface area contributed by atoms with Gasteiger partial charge in [-0.05, 0) is 30.9 Å². The fourth-order valence-electron chi connectivity index (χ4n) is 3.62. The summed E-state index contributed by atoms with van der Waals surface area (Å²) in [6.07, 6.45) is 2.08. The molecule has 5 heteroatoms. The second-order valence-corrected chi connectivity index (χ2v) is 6.36. The molecule has 0 N–H and O–H groups in total. The molecule has 1 aromatic carbocycles. The van der Waals surface area contributed by atoms with Crippen LogP contribution in [0.2, 0.25) is 0 Å². The maximum absolute atomic E-state index is 13.2. The highest BCUT2D eigenvalue weighted by Crippen LogP contribution is 2.37. The SMILES string of the molecule is O=CC(F)CCN1CCC(C(=O)N2CCCC2)c2ccccc21. The monoisotopic (exact) mass is 318 g/mol. The van der Waals surface area contributed by atoms with E-state index in [9.17, 15) is 14.0 Å². The summed E-state index contributed by atoms with van der Waals surface area (Å²) in [5.74, 6) is 0.138. The van der Waals surface area contributed by atoms with E-state index < -0.39 is 6.17 Å². The average Bonchev–Trinajstić information content (AvgIpc) is 3.13. The highest BCUT2D eigenvalue weighted by molar-refractivity contribution is 5.86. The Labute approximate surface area is 136 Å². The summed E-state index contributed by atoms with van der Waals surface area (Å²) in [5.41, 5.74) is 2.05. The number of aldehydes is 1. The molecule has 0 bridgehead atoms. The van der Waals surface area contributed by atoms with E-state index in [0.29, 0.717) is 12.8 Å². The zero-order chi connectivity index (χ0) is 16.2. The van der Waals surface area contributed by atoms with Gasteiger partial charge >= 0.3 is 0 Å². The van der Waals surface area contributed by atoms with Gasteiger partial charge < -0.3 is 14.6 Å². The van der Waals surface area contributed by atoms with Crippen molar-refractivity contribution in [3.63, 3.8) is 0 Å². The van der Waals surface area contributed by atoms with E-state index in [4.69, 9.17) is 0 Å². The van der Waals surface area contributed by atoms with Crippen molar-refractivity contribution in [2.75, 3.05) is 31.1 Å². The number of anilines is 1. The Balaban J connectivity index is 1.77. The van der Waals surface area contributed by atoms with Crippen LogP contribution >= 0.6 is 0 Å². The average molecular weight is 318 g/mol. The number of carbonyl (C=O) groups is 2. The lowest BCUT2D eigenvalue weighted by atomic mass is 9.88. The van der Waals surface area contributed by atoms with Crippen LogP contribution in [-0.4, -0.2) is 49.4 Å². The Hall–Kier alpha value is -1.91. The summed E-state index contributed by atoms with van der Waals surface area (Å²) < 4.78 is 13.2. The molecule has 124 valence electrons. The number of likely N-dealkylation sites (tertiary alicyclic amines) is 1. The molecule has 0 aliphatic carbocycles. The van der Waals surface area contributed by atoms with Gasteiger partial charge in [0.15, 0.2) is 12.5 Å². The van der Waals surface area contributed by atoms with Crippen molar-refractivity contribution in [3.8, 4) is 0 Å². The molecule has 3 rings (SSSR count). The Morgan fingerprint density at radius 3 is 2.74 bits per heavy atom.